The number of fused-ring (bicyclic) bond motifs is 3. The van der Waals surface area contributed by atoms with Crippen molar-refractivity contribution in [2.75, 3.05) is 0 Å². The number of nitrogens with zero attached hydrogens (tertiary/aromatic N) is 2. The zero-order chi connectivity index (χ0) is 12.9. The van der Waals surface area contributed by atoms with Gasteiger partial charge >= 0.3 is 0 Å². The first kappa shape index (κ1) is 6.28. The van der Waals surface area contributed by atoms with E-state index < -0.39 is 6.85 Å². The summed E-state index contributed by atoms with van der Waals surface area (Å²) in [7, 11) is 0. The van der Waals surface area contributed by atoms with E-state index in [9.17, 15) is 0 Å². The number of aryl methyl sites for hydroxylation is 1. The van der Waals surface area contributed by atoms with Crippen molar-refractivity contribution in [3.05, 3.63) is 46.8 Å². The van der Waals surface area contributed by atoms with E-state index in [1.165, 1.54) is 0 Å². The maximum Gasteiger partial charge on any atom is 0.146 e. The summed E-state index contributed by atoms with van der Waals surface area (Å²) in [5, 5.41) is 1.98. The molecule has 0 aliphatic rings. The van der Waals surface area contributed by atoms with Crippen molar-refractivity contribution < 1.29 is 4.11 Å². The number of pyridine rings is 1. The highest BCUT2D eigenvalue weighted by Gasteiger charge is 2.07. The summed E-state index contributed by atoms with van der Waals surface area (Å²) in [6, 6.07) is 9.67. The van der Waals surface area contributed by atoms with Gasteiger partial charge in [-0.25, -0.2) is 4.98 Å². The Hall–Kier alpha value is -1.35. The minimum atomic E-state index is -2.19. The monoisotopic (exact) mass is 263 g/mol. The van der Waals surface area contributed by atoms with Crippen LogP contribution in [-0.4, -0.2) is 9.38 Å². The number of aromatic nitrogens is 2. The lowest BCUT2D eigenvalue weighted by Crippen LogP contribution is -1.87. The lowest BCUT2D eigenvalue weighted by molar-refractivity contribution is 1.11. The van der Waals surface area contributed by atoms with E-state index in [0.717, 1.165) is 10.8 Å². The summed E-state index contributed by atoms with van der Waals surface area (Å²) < 4.78 is 24.7. The van der Waals surface area contributed by atoms with Crippen LogP contribution in [0.1, 0.15) is 9.81 Å². The lowest BCUT2D eigenvalue weighted by Gasteiger charge is -2.00. The second-order valence-corrected chi connectivity index (χ2v) is 4.10. The third-order valence-electron chi connectivity index (χ3n) is 2.47. The van der Waals surface area contributed by atoms with E-state index in [1.807, 2.05) is 30.3 Å². The van der Waals surface area contributed by atoms with Gasteiger partial charge in [0.2, 0.25) is 0 Å². The predicted molar refractivity (Wildman–Crippen MR) is 65.1 cm³/mol. The molecule has 0 aliphatic carbocycles. The van der Waals surface area contributed by atoms with E-state index in [1.54, 1.807) is 10.6 Å². The van der Waals surface area contributed by atoms with Crippen molar-refractivity contribution in [2.45, 2.75) is 6.85 Å². The fourth-order valence-corrected chi connectivity index (χ4v) is 2.10. The molecule has 0 radical (unpaired) electrons. The molecule has 0 N–H and O–H groups in total. The van der Waals surface area contributed by atoms with Crippen molar-refractivity contribution in [1.29, 1.82) is 0 Å². The summed E-state index contributed by atoms with van der Waals surface area (Å²) in [5.41, 5.74) is 0.870. The van der Waals surface area contributed by atoms with Crippen molar-refractivity contribution in [1.82, 2.24) is 9.38 Å². The van der Waals surface area contributed by atoms with Crippen LogP contribution >= 0.6 is 15.9 Å². The van der Waals surface area contributed by atoms with Crippen LogP contribution in [0.25, 0.3) is 16.4 Å². The van der Waals surface area contributed by atoms with E-state index >= 15 is 0 Å². The highest BCUT2D eigenvalue weighted by Crippen LogP contribution is 2.23. The van der Waals surface area contributed by atoms with Gasteiger partial charge in [-0.1, -0.05) is 24.3 Å². The van der Waals surface area contributed by atoms with E-state index in [2.05, 4.69) is 20.9 Å². The molecule has 0 bridgehead atoms. The average Bonchev–Trinajstić information content (AvgIpc) is 2.65. The Morgan fingerprint density at radius 3 is 3.07 bits per heavy atom. The molecular formula is C12H9BrN2. The summed E-state index contributed by atoms with van der Waals surface area (Å²) in [6.07, 6.45) is 1.75. The molecule has 0 amide bonds. The van der Waals surface area contributed by atoms with Crippen LogP contribution in [0.3, 0.4) is 0 Å². The Balaban J connectivity index is 2.49. The molecule has 3 aromatic rings. The molecule has 0 unspecified atom stereocenters. The number of hydrogen-bond acceptors (Lipinski definition) is 1. The van der Waals surface area contributed by atoms with Crippen LogP contribution in [0.15, 0.2) is 41.1 Å². The molecule has 2 aromatic heterocycles. The van der Waals surface area contributed by atoms with Crippen LogP contribution in [-0.2, 0) is 0 Å². The van der Waals surface area contributed by atoms with Gasteiger partial charge in [-0.2, -0.15) is 0 Å². The smallest absolute Gasteiger partial charge is 0.146 e. The first-order valence-electron chi connectivity index (χ1n) is 6.04. The van der Waals surface area contributed by atoms with Crippen LogP contribution in [0.5, 0.6) is 0 Å². The van der Waals surface area contributed by atoms with Crippen molar-refractivity contribution >= 4 is 32.3 Å². The van der Waals surface area contributed by atoms with Crippen LogP contribution in [0.4, 0.5) is 0 Å². The van der Waals surface area contributed by atoms with E-state index in [-0.39, 0.29) is 5.69 Å². The molecule has 0 fully saturated rings. The molecule has 3 rings (SSSR count). The van der Waals surface area contributed by atoms with Gasteiger partial charge in [-0.3, -0.25) is 0 Å². The maximum absolute atomic E-state index is 7.56. The molecule has 0 aliphatic heterocycles. The van der Waals surface area contributed by atoms with Gasteiger partial charge in [0.15, 0.2) is 0 Å². The van der Waals surface area contributed by atoms with E-state index in [0.29, 0.717) is 10.3 Å². The van der Waals surface area contributed by atoms with Crippen LogP contribution in [0.2, 0.25) is 0 Å². The van der Waals surface area contributed by atoms with Gasteiger partial charge in [0.1, 0.15) is 10.3 Å². The third-order valence-corrected chi connectivity index (χ3v) is 3.03. The van der Waals surface area contributed by atoms with E-state index in [4.69, 9.17) is 4.11 Å². The minimum Gasteiger partial charge on any atom is -0.303 e. The minimum absolute atomic E-state index is 0.211. The number of hydrogen-bond donors (Lipinski definition) is 0. The number of rotatable bonds is 0. The molecule has 0 saturated carbocycles. The molecule has 2 nitrogen and oxygen atoms in total. The quantitative estimate of drug-likeness (QED) is 0.606. The highest BCUT2D eigenvalue weighted by atomic mass is 79.9. The second kappa shape index (κ2) is 3.07. The third kappa shape index (κ3) is 1.20. The van der Waals surface area contributed by atoms with Gasteiger partial charge in [-0.05, 0) is 34.2 Å². The highest BCUT2D eigenvalue weighted by molar-refractivity contribution is 9.10. The Kier molecular flexibility index (Phi) is 1.29. The topological polar surface area (TPSA) is 17.3 Å². The zero-order valence-electron chi connectivity index (χ0n) is 10.7. The molecule has 15 heavy (non-hydrogen) atoms. The van der Waals surface area contributed by atoms with Gasteiger partial charge < -0.3 is 4.40 Å². The first-order chi connectivity index (χ1) is 8.48. The number of imidazole rings is 1. The Morgan fingerprint density at radius 2 is 2.20 bits per heavy atom. The fourth-order valence-electron chi connectivity index (χ4n) is 1.74. The molecule has 0 spiro atoms. The van der Waals surface area contributed by atoms with Crippen molar-refractivity contribution in [3.63, 3.8) is 0 Å². The van der Waals surface area contributed by atoms with Crippen LogP contribution < -0.4 is 0 Å². The second-order valence-electron chi connectivity index (χ2n) is 3.35. The molecule has 3 heteroatoms. The standard InChI is InChI=1S/C12H9BrN2/c1-8-11(13)14-12-10-5-3-2-4-9(10)6-7-15(8)12/h2-7H,1H3/i1D3. The van der Waals surface area contributed by atoms with Crippen LogP contribution in [0, 0.1) is 6.85 Å². The SMILES string of the molecule is [2H]C([2H])([2H])c1c(Br)nc2c3ccccc3ccn12. The summed E-state index contributed by atoms with van der Waals surface area (Å²) in [4.78, 5) is 4.33. The molecule has 2 heterocycles. The largest absolute Gasteiger partial charge is 0.303 e. The van der Waals surface area contributed by atoms with Gasteiger partial charge in [-0.15, -0.1) is 0 Å². The Labute approximate surface area is 99.9 Å². The molecule has 74 valence electrons. The lowest BCUT2D eigenvalue weighted by atomic mass is 10.2. The number of benzene rings is 1. The zero-order valence-corrected chi connectivity index (χ0v) is 9.32. The molecular weight excluding hydrogens is 252 g/mol. The fraction of sp³-hybridized carbons (Fsp3) is 0.0833. The average molecular weight is 264 g/mol. The Morgan fingerprint density at radius 1 is 1.33 bits per heavy atom. The summed E-state index contributed by atoms with van der Waals surface area (Å²) in [5.74, 6) is 0. The van der Waals surface area contributed by atoms with Gasteiger partial charge in [0.25, 0.3) is 0 Å². The normalized spacial score (nSPS) is 15.1. The maximum atomic E-state index is 7.56. The van der Waals surface area contributed by atoms with Crippen molar-refractivity contribution in [2.24, 2.45) is 0 Å². The van der Waals surface area contributed by atoms with Crippen molar-refractivity contribution in [3.8, 4) is 0 Å². The Bertz CT molecular complexity index is 746. The predicted octanol–water partition coefficient (Wildman–Crippen LogP) is 3.56. The number of halogens is 1. The summed E-state index contributed by atoms with van der Waals surface area (Å²) in [6.45, 7) is -2.19. The molecule has 0 atom stereocenters. The van der Waals surface area contributed by atoms with Gasteiger partial charge in [0, 0.05) is 15.7 Å². The summed E-state index contributed by atoms with van der Waals surface area (Å²) >= 11 is 3.24. The molecule has 0 saturated heterocycles. The van der Waals surface area contributed by atoms with Gasteiger partial charge in [0.05, 0.1) is 5.69 Å². The first-order valence-corrected chi connectivity index (χ1v) is 5.33. The molecule has 1 aromatic carbocycles.